The first-order valence-electron chi connectivity index (χ1n) is 4.09. The zero-order valence-corrected chi connectivity index (χ0v) is 8.89. The average molecular weight is 209 g/mol. The fourth-order valence-electron chi connectivity index (χ4n) is 1.14. The molecule has 0 amide bonds. The molecule has 0 radical (unpaired) electrons. The van der Waals surface area contributed by atoms with Crippen LogP contribution in [0.1, 0.15) is 11.1 Å². The van der Waals surface area contributed by atoms with E-state index in [2.05, 4.69) is 4.99 Å². The van der Waals surface area contributed by atoms with Crippen molar-refractivity contribution in [1.29, 1.82) is 0 Å². The van der Waals surface area contributed by atoms with E-state index in [1.54, 1.807) is 17.8 Å². The molecule has 1 rings (SSSR count). The predicted octanol–water partition coefficient (Wildman–Crippen LogP) is 2.26. The summed E-state index contributed by atoms with van der Waals surface area (Å²) in [6, 6.07) is 3.53. The number of phenols is 1. The van der Waals surface area contributed by atoms with Gasteiger partial charge in [-0.3, -0.25) is 0 Å². The molecule has 0 aliphatic rings. The van der Waals surface area contributed by atoms with Gasteiger partial charge in [-0.05, 0) is 36.4 Å². The SMILES string of the molecule is CSc1cc(C)c(O)cc1CN=C=O. The molecule has 4 heteroatoms. The Kier molecular flexibility index (Phi) is 3.74. The van der Waals surface area contributed by atoms with Gasteiger partial charge in [-0.25, -0.2) is 9.79 Å². The van der Waals surface area contributed by atoms with E-state index in [0.717, 1.165) is 16.0 Å². The summed E-state index contributed by atoms with van der Waals surface area (Å²) in [5.74, 6) is 0.235. The third-order valence-electron chi connectivity index (χ3n) is 1.91. The van der Waals surface area contributed by atoms with E-state index in [4.69, 9.17) is 0 Å². The highest BCUT2D eigenvalue weighted by molar-refractivity contribution is 7.98. The van der Waals surface area contributed by atoms with Crippen LogP contribution in [0.4, 0.5) is 0 Å². The maximum absolute atomic E-state index is 9.97. The highest BCUT2D eigenvalue weighted by atomic mass is 32.2. The van der Waals surface area contributed by atoms with Gasteiger partial charge in [-0.15, -0.1) is 11.8 Å². The predicted molar refractivity (Wildman–Crippen MR) is 56.5 cm³/mol. The van der Waals surface area contributed by atoms with Crippen molar-refractivity contribution < 1.29 is 9.90 Å². The molecular formula is C10H11NO2S. The Hall–Kier alpha value is -1.25. The lowest BCUT2D eigenvalue weighted by Gasteiger charge is -2.07. The number of hydrogen-bond donors (Lipinski definition) is 1. The quantitative estimate of drug-likeness (QED) is 0.472. The number of hydrogen-bond acceptors (Lipinski definition) is 4. The molecule has 0 unspecified atom stereocenters. The molecule has 0 saturated heterocycles. The van der Waals surface area contributed by atoms with Crippen molar-refractivity contribution in [2.24, 2.45) is 4.99 Å². The lowest BCUT2D eigenvalue weighted by Crippen LogP contribution is -1.88. The monoisotopic (exact) mass is 209 g/mol. The molecule has 1 aromatic rings. The van der Waals surface area contributed by atoms with Crippen LogP contribution in [0.25, 0.3) is 0 Å². The zero-order valence-electron chi connectivity index (χ0n) is 8.07. The Labute approximate surface area is 86.9 Å². The molecule has 74 valence electrons. The Morgan fingerprint density at radius 3 is 2.86 bits per heavy atom. The van der Waals surface area contributed by atoms with E-state index in [0.29, 0.717) is 0 Å². The first-order valence-corrected chi connectivity index (χ1v) is 5.31. The molecule has 0 heterocycles. The van der Waals surface area contributed by atoms with Crippen LogP contribution in [0.15, 0.2) is 22.0 Å². The number of carbonyl (C=O) groups excluding carboxylic acids is 1. The first kappa shape index (κ1) is 10.8. The number of aryl methyl sites for hydroxylation is 1. The van der Waals surface area contributed by atoms with Crippen LogP contribution in [0.5, 0.6) is 5.75 Å². The van der Waals surface area contributed by atoms with Crippen molar-refractivity contribution in [1.82, 2.24) is 0 Å². The van der Waals surface area contributed by atoms with Gasteiger partial charge in [0.25, 0.3) is 0 Å². The van der Waals surface area contributed by atoms with Crippen LogP contribution in [0.3, 0.4) is 0 Å². The second-order valence-corrected chi connectivity index (χ2v) is 3.71. The summed E-state index contributed by atoms with van der Waals surface area (Å²) in [5, 5.41) is 9.47. The molecule has 0 aliphatic carbocycles. The maximum Gasteiger partial charge on any atom is 0.235 e. The van der Waals surface area contributed by atoms with Crippen molar-refractivity contribution in [3.05, 3.63) is 23.3 Å². The number of rotatable bonds is 3. The number of aliphatic imine (C=N–C) groups is 1. The average Bonchev–Trinajstić information content (AvgIpc) is 2.19. The van der Waals surface area contributed by atoms with Gasteiger partial charge in [0.05, 0.1) is 6.54 Å². The van der Waals surface area contributed by atoms with Crippen molar-refractivity contribution in [2.75, 3.05) is 6.26 Å². The normalized spacial score (nSPS) is 9.57. The molecule has 0 bridgehead atoms. The smallest absolute Gasteiger partial charge is 0.235 e. The van der Waals surface area contributed by atoms with Crippen molar-refractivity contribution in [3.63, 3.8) is 0 Å². The zero-order chi connectivity index (χ0) is 10.6. The molecule has 1 aromatic carbocycles. The van der Waals surface area contributed by atoms with Crippen LogP contribution >= 0.6 is 11.8 Å². The minimum Gasteiger partial charge on any atom is -0.508 e. The third-order valence-corrected chi connectivity index (χ3v) is 2.73. The second-order valence-electron chi connectivity index (χ2n) is 2.86. The highest BCUT2D eigenvalue weighted by Crippen LogP contribution is 2.28. The molecule has 0 spiro atoms. The summed E-state index contributed by atoms with van der Waals surface area (Å²) >= 11 is 1.57. The molecule has 3 nitrogen and oxygen atoms in total. The number of isocyanates is 1. The van der Waals surface area contributed by atoms with Gasteiger partial charge < -0.3 is 5.11 Å². The van der Waals surface area contributed by atoms with Crippen LogP contribution < -0.4 is 0 Å². The van der Waals surface area contributed by atoms with Crippen LogP contribution in [0, 0.1) is 6.92 Å². The summed E-state index contributed by atoms with van der Waals surface area (Å²) in [6.45, 7) is 2.11. The van der Waals surface area contributed by atoms with Crippen molar-refractivity contribution >= 4 is 17.8 Å². The molecule has 0 aromatic heterocycles. The standard InChI is InChI=1S/C10H11NO2S/c1-7-3-10(14-2)8(4-9(7)13)5-11-6-12/h3-4,13H,5H2,1-2H3. The number of benzene rings is 1. The van der Waals surface area contributed by atoms with Gasteiger partial charge in [-0.1, -0.05) is 0 Å². The van der Waals surface area contributed by atoms with E-state index in [1.165, 1.54) is 6.08 Å². The molecule has 1 N–H and O–H groups in total. The van der Waals surface area contributed by atoms with Crippen LogP contribution in [-0.4, -0.2) is 17.4 Å². The molecule has 14 heavy (non-hydrogen) atoms. The van der Waals surface area contributed by atoms with E-state index >= 15 is 0 Å². The summed E-state index contributed by atoms with van der Waals surface area (Å²) in [6.07, 6.45) is 3.43. The van der Waals surface area contributed by atoms with Gasteiger partial charge in [0.15, 0.2) is 0 Å². The minimum absolute atomic E-state index is 0.235. The van der Waals surface area contributed by atoms with Crippen LogP contribution in [-0.2, 0) is 11.3 Å². The lowest BCUT2D eigenvalue weighted by atomic mass is 10.1. The summed E-state index contributed by atoms with van der Waals surface area (Å²) < 4.78 is 0. The van der Waals surface area contributed by atoms with Gasteiger partial charge >= 0.3 is 0 Å². The van der Waals surface area contributed by atoms with Gasteiger partial charge in [0.1, 0.15) is 5.75 Å². The highest BCUT2D eigenvalue weighted by Gasteiger charge is 2.05. The molecule has 0 fully saturated rings. The third kappa shape index (κ3) is 2.37. The number of thioether (sulfide) groups is 1. The minimum atomic E-state index is 0.235. The molecule has 0 atom stereocenters. The summed E-state index contributed by atoms with van der Waals surface area (Å²) in [5.41, 5.74) is 1.68. The maximum atomic E-state index is 9.97. The summed E-state index contributed by atoms with van der Waals surface area (Å²) in [7, 11) is 0. The number of phenolic OH excluding ortho intramolecular Hbond substituents is 1. The first-order chi connectivity index (χ1) is 6.69. The molecule has 0 saturated carbocycles. The van der Waals surface area contributed by atoms with E-state index in [9.17, 15) is 9.90 Å². The fraction of sp³-hybridized carbons (Fsp3) is 0.300. The fourth-order valence-corrected chi connectivity index (χ4v) is 1.82. The van der Waals surface area contributed by atoms with Gasteiger partial charge in [0, 0.05) is 4.90 Å². The van der Waals surface area contributed by atoms with E-state index in [-0.39, 0.29) is 12.3 Å². The van der Waals surface area contributed by atoms with E-state index < -0.39 is 0 Å². The number of nitrogens with zero attached hydrogens (tertiary/aromatic N) is 1. The van der Waals surface area contributed by atoms with Crippen LogP contribution in [0.2, 0.25) is 0 Å². The van der Waals surface area contributed by atoms with Gasteiger partial charge in [0.2, 0.25) is 6.08 Å². The van der Waals surface area contributed by atoms with Crippen molar-refractivity contribution in [2.45, 2.75) is 18.4 Å². The van der Waals surface area contributed by atoms with E-state index in [1.807, 2.05) is 19.2 Å². The Morgan fingerprint density at radius 1 is 1.57 bits per heavy atom. The number of aromatic hydroxyl groups is 1. The topological polar surface area (TPSA) is 49.7 Å². The summed E-state index contributed by atoms with van der Waals surface area (Å²) in [4.78, 5) is 14.5. The lowest BCUT2D eigenvalue weighted by molar-refractivity contribution is 0.469. The largest absolute Gasteiger partial charge is 0.508 e. The van der Waals surface area contributed by atoms with Crippen molar-refractivity contribution in [3.8, 4) is 5.75 Å². The van der Waals surface area contributed by atoms with Gasteiger partial charge in [-0.2, -0.15) is 0 Å². The Balaban J connectivity index is 3.12. The Bertz CT molecular complexity index is 384. The second kappa shape index (κ2) is 4.84. The molecule has 0 aliphatic heterocycles. The Morgan fingerprint density at radius 2 is 2.29 bits per heavy atom. The molecular weight excluding hydrogens is 198 g/mol.